The molecule has 11 rings (SSSR count). The van der Waals surface area contributed by atoms with Crippen molar-refractivity contribution in [1.29, 1.82) is 0 Å². The lowest BCUT2D eigenvalue weighted by molar-refractivity contribution is 0.627. The molecule has 0 N–H and O–H groups in total. The molecule has 284 valence electrons. The number of aromatic nitrogens is 1. The smallest absolute Gasteiger partial charge is 0.123 e. The molecule has 0 aliphatic rings. The van der Waals surface area contributed by atoms with Gasteiger partial charge in [-0.1, -0.05) is 121 Å². The average Bonchev–Trinajstić information content (AvgIpc) is 3.66. The van der Waals surface area contributed by atoms with Gasteiger partial charge in [-0.05, 0) is 142 Å². The van der Waals surface area contributed by atoms with E-state index in [9.17, 15) is 4.39 Å². The molecular formula is C56H38FN3. The number of benzene rings is 10. The van der Waals surface area contributed by atoms with Crippen molar-refractivity contribution in [3.8, 4) is 27.9 Å². The summed E-state index contributed by atoms with van der Waals surface area (Å²) in [6.07, 6.45) is 0. The van der Waals surface area contributed by atoms with Gasteiger partial charge in [0.2, 0.25) is 0 Å². The van der Waals surface area contributed by atoms with E-state index in [0.29, 0.717) is 0 Å². The fourth-order valence-corrected chi connectivity index (χ4v) is 8.83. The molecule has 0 spiro atoms. The molecule has 1 aromatic heterocycles. The Kier molecular flexibility index (Phi) is 8.67. The zero-order chi connectivity index (χ0) is 40.0. The van der Waals surface area contributed by atoms with Gasteiger partial charge in [0.25, 0.3) is 0 Å². The second-order valence-corrected chi connectivity index (χ2v) is 15.1. The molecule has 0 saturated heterocycles. The van der Waals surface area contributed by atoms with Crippen molar-refractivity contribution >= 4 is 66.7 Å². The van der Waals surface area contributed by atoms with E-state index in [1.165, 1.54) is 50.4 Å². The highest BCUT2D eigenvalue weighted by Crippen LogP contribution is 2.44. The van der Waals surface area contributed by atoms with Crippen LogP contribution in [0, 0.1) is 5.82 Å². The fraction of sp³-hybridized carbons (Fsp3) is 0. The normalized spacial score (nSPS) is 11.4. The van der Waals surface area contributed by atoms with Gasteiger partial charge in [-0.25, -0.2) is 4.39 Å². The Labute approximate surface area is 348 Å². The predicted molar refractivity (Wildman–Crippen MR) is 250 cm³/mol. The van der Waals surface area contributed by atoms with Crippen LogP contribution in [0.2, 0.25) is 0 Å². The van der Waals surface area contributed by atoms with Crippen molar-refractivity contribution in [2.24, 2.45) is 0 Å². The van der Waals surface area contributed by atoms with Gasteiger partial charge in [0.1, 0.15) is 5.82 Å². The molecule has 0 unspecified atom stereocenters. The van der Waals surface area contributed by atoms with Crippen molar-refractivity contribution in [1.82, 2.24) is 4.57 Å². The van der Waals surface area contributed by atoms with Gasteiger partial charge in [-0.2, -0.15) is 0 Å². The third-order valence-electron chi connectivity index (χ3n) is 11.6. The number of halogens is 1. The quantitative estimate of drug-likeness (QED) is 0.135. The number of nitrogens with zero attached hydrogens (tertiary/aromatic N) is 3. The Balaban J connectivity index is 1.00. The number of anilines is 6. The van der Waals surface area contributed by atoms with Crippen LogP contribution in [-0.2, 0) is 0 Å². The highest BCUT2D eigenvalue weighted by Gasteiger charge is 2.20. The lowest BCUT2D eigenvalue weighted by Gasteiger charge is -2.28. The lowest BCUT2D eigenvalue weighted by Crippen LogP contribution is -2.12. The molecule has 0 radical (unpaired) electrons. The highest BCUT2D eigenvalue weighted by atomic mass is 19.1. The van der Waals surface area contributed by atoms with Gasteiger partial charge < -0.3 is 14.4 Å². The summed E-state index contributed by atoms with van der Waals surface area (Å²) in [5.41, 5.74) is 14.3. The Morgan fingerprint density at radius 2 is 0.783 bits per heavy atom. The van der Waals surface area contributed by atoms with E-state index in [-0.39, 0.29) is 5.82 Å². The third-order valence-corrected chi connectivity index (χ3v) is 11.6. The van der Waals surface area contributed by atoms with Crippen LogP contribution in [0.3, 0.4) is 0 Å². The minimum Gasteiger partial charge on any atom is -0.311 e. The van der Waals surface area contributed by atoms with Crippen molar-refractivity contribution in [3.63, 3.8) is 0 Å². The predicted octanol–water partition coefficient (Wildman–Crippen LogP) is 15.8. The van der Waals surface area contributed by atoms with Crippen molar-refractivity contribution in [2.45, 2.75) is 0 Å². The summed E-state index contributed by atoms with van der Waals surface area (Å²) >= 11 is 0. The SMILES string of the molecule is Fc1ccc(-n2c3cccc4ccc5c(-c6ccc(N(c7ccc(-c8ccccc8)cc7)c7ccc(N(c8ccccc8)c8ccccc8)cc7)cc6)ccc2c5c43)cc1. The van der Waals surface area contributed by atoms with Crippen LogP contribution in [-0.4, -0.2) is 4.57 Å². The van der Waals surface area contributed by atoms with E-state index in [4.69, 9.17) is 0 Å². The standard InChI is InChI=1S/C56H38FN3/c57-43-24-30-50(31-25-43)60-53-18-10-13-42-23-36-52-51(37-38-54(60)56(52)55(42)53)41-21-28-47(29-22-41)59(46-26-19-40(20-27-46)39-11-4-1-5-12-39)49-34-32-48(33-35-49)58(44-14-6-2-7-15-44)45-16-8-3-9-17-45/h1-38H. The third kappa shape index (κ3) is 6.14. The summed E-state index contributed by atoms with van der Waals surface area (Å²) in [5, 5.41) is 4.82. The number of para-hydroxylation sites is 2. The minimum absolute atomic E-state index is 0.241. The number of rotatable bonds is 9. The molecule has 10 aromatic carbocycles. The molecule has 0 amide bonds. The Morgan fingerprint density at radius 3 is 1.35 bits per heavy atom. The van der Waals surface area contributed by atoms with Crippen molar-refractivity contribution in [3.05, 3.63) is 236 Å². The van der Waals surface area contributed by atoms with Crippen LogP contribution < -0.4 is 9.80 Å². The maximum Gasteiger partial charge on any atom is 0.123 e. The summed E-state index contributed by atoms with van der Waals surface area (Å²) < 4.78 is 16.3. The molecule has 0 saturated carbocycles. The van der Waals surface area contributed by atoms with E-state index in [0.717, 1.165) is 56.4 Å². The van der Waals surface area contributed by atoms with Gasteiger partial charge in [0.05, 0.1) is 11.0 Å². The zero-order valence-corrected chi connectivity index (χ0v) is 32.7. The molecule has 4 heteroatoms. The summed E-state index contributed by atoms with van der Waals surface area (Å²) in [4.78, 5) is 4.61. The van der Waals surface area contributed by atoms with E-state index in [1.807, 2.05) is 12.1 Å². The minimum atomic E-state index is -0.241. The Morgan fingerprint density at radius 1 is 0.317 bits per heavy atom. The van der Waals surface area contributed by atoms with Crippen LogP contribution >= 0.6 is 0 Å². The first-order valence-corrected chi connectivity index (χ1v) is 20.3. The van der Waals surface area contributed by atoms with E-state index >= 15 is 0 Å². The van der Waals surface area contributed by atoms with Gasteiger partial charge in [-0.3, -0.25) is 0 Å². The molecule has 0 fully saturated rings. The van der Waals surface area contributed by atoms with Crippen LogP contribution in [0.25, 0.3) is 60.5 Å². The lowest BCUT2D eigenvalue weighted by atomic mass is 9.94. The fourth-order valence-electron chi connectivity index (χ4n) is 8.83. The van der Waals surface area contributed by atoms with Gasteiger partial charge >= 0.3 is 0 Å². The summed E-state index contributed by atoms with van der Waals surface area (Å²) in [6.45, 7) is 0. The van der Waals surface area contributed by atoms with Crippen LogP contribution in [0.1, 0.15) is 0 Å². The average molecular weight is 772 g/mol. The molecule has 0 atom stereocenters. The monoisotopic (exact) mass is 771 g/mol. The number of hydrogen-bond donors (Lipinski definition) is 0. The first kappa shape index (κ1) is 35.2. The van der Waals surface area contributed by atoms with E-state index in [1.54, 1.807) is 0 Å². The van der Waals surface area contributed by atoms with Gasteiger partial charge in [0, 0.05) is 50.6 Å². The first-order valence-electron chi connectivity index (χ1n) is 20.3. The summed E-state index contributed by atoms with van der Waals surface area (Å²) in [6, 6.07) is 80.2. The van der Waals surface area contributed by atoms with E-state index < -0.39 is 0 Å². The summed E-state index contributed by atoms with van der Waals surface area (Å²) in [5.74, 6) is -0.241. The van der Waals surface area contributed by atoms with E-state index in [2.05, 4.69) is 221 Å². The van der Waals surface area contributed by atoms with Crippen LogP contribution in [0.4, 0.5) is 38.5 Å². The van der Waals surface area contributed by atoms with Crippen LogP contribution in [0.5, 0.6) is 0 Å². The summed E-state index contributed by atoms with van der Waals surface area (Å²) in [7, 11) is 0. The molecule has 0 aliphatic carbocycles. The molecule has 3 nitrogen and oxygen atoms in total. The van der Waals surface area contributed by atoms with Crippen LogP contribution in [0.15, 0.2) is 231 Å². The van der Waals surface area contributed by atoms with Crippen molar-refractivity contribution < 1.29 is 4.39 Å². The zero-order valence-electron chi connectivity index (χ0n) is 32.7. The maximum atomic E-state index is 14.0. The van der Waals surface area contributed by atoms with Gasteiger partial charge in [0.15, 0.2) is 0 Å². The molecule has 0 bridgehead atoms. The topological polar surface area (TPSA) is 11.4 Å². The molecule has 11 aromatic rings. The van der Waals surface area contributed by atoms with Crippen molar-refractivity contribution in [2.75, 3.05) is 9.80 Å². The number of hydrogen-bond acceptors (Lipinski definition) is 2. The first-order chi connectivity index (χ1) is 29.7. The van der Waals surface area contributed by atoms with Gasteiger partial charge in [-0.15, -0.1) is 0 Å². The second kappa shape index (κ2) is 14.8. The maximum absolute atomic E-state index is 14.0. The molecular weight excluding hydrogens is 734 g/mol. The molecule has 1 heterocycles. The largest absolute Gasteiger partial charge is 0.311 e. The molecule has 60 heavy (non-hydrogen) atoms. The second-order valence-electron chi connectivity index (χ2n) is 15.1. The highest BCUT2D eigenvalue weighted by molar-refractivity contribution is 6.26. The Hall–Kier alpha value is -7.95. The molecule has 0 aliphatic heterocycles. The Bertz CT molecular complexity index is 3180.